The molecule has 150 valence electrons. The van der Waals surface area contributed by atoms with Gasteiger partial charge in [0.1, 0.15) is 11.8 Å². The maximum Gasteiger partial charge on any atom is 0.347 e. The summed E-state index contributed by atoms with van der Waals surface area (Å²) in [5.74, 6) is -0.916. The first-order valence-electron chi connectivity index (χ1n) is 9.56. The van der Waals surface area contributed by atoms with Gasteiger partial charge < -0.3 is 20.0 Å². The molecule has 10 heteroatoms. The van der Waals surface area contributed by atoms with Crippen molar-refractivity contribution in [2.45, 2.75) is 51.2 Å². The van der Waals surface area contributed by atoms with E-state index in [1.54, 1.807) is 7.11 Å². The molecule has 1 aromatic rings. The number of ether oxygens (including phenoxy) is 1. The quantitative estimate of drug-likeness (QED) is 0.464. The maximum absolute atomic E-state index is 12.8. The van der Waals surface area contributed by atoms with Crippen molar-refractivity contribution in [1.82, 2.24) is 9.78 Å². The van der Waals surface area contributed by atoms with Crippen LogP contribution >= 0.6 is 0 Å². The van der Waals surface area contributed by atoms with Crippen molar-refractivity contribution in [1.29, 1.82) is 0 Å². The van der Waals surface area contributed by atoms with Crippen LogP contribution in [0, 0.1) is 27.9 Å². The molecule has 4 atom stereocenters. The highest BCUT2D eigenvalue weighted by atomic mass is 16.6. The normalized spacial score (nSPS) is 30.7. The SMILES string of the molecule is COC1CC(C)CC2C(O)=C(N=Nc3cc([N+](=O)[O-])n(C4CCC4)n3)C(=O)C12. The zero-order chi connectivity index (χ0) is 20.0. The number of ketones is 1. The molecule has 3 aliphatic carbocycles. The lowest BCUT2D eigenvalue weighted by Crippen LogP contribution is -2.39. The molecule has 0 spiro atoms. The molecule has 0 saturated heterocycles. The van der Waals surface area contributed by atoms with E-state index in [2.05, 4.69) is 22.3 Å². The minimum atomic E-state index is -0.499. The minimum absolute atomic E-state index is 0.00287. The largest absolute Gasteiger partial charge is 0.510 e. The second-order valence-electron chi connectivity index (χ2n) is 7.93. The number of rotatable bonds is 5. The Bertz CT molecular complexity index is 872. The summed E-state index contributed by atoms with van der Waals surface area (Å²) in [7, 11) is 1.57. The predicted molar refractivity (Wildman–Crippen MR) is 97.1 cm³/mol. The van der Waals surface area contributed by atoms with Crippen LogP contribution in [0.1, 0.15) is 45.1 Å². The molecule has 28 heavy (non-hydrogen) atoms. The lowest BCUT2D eigenvalue weighted by molar-refractivity contribution is -0.393. The van der Waals surface area contributed by atoms with Gasteiger partial charge in [-0.15, -0.1) is 14.9 Å². The lowest BCUT2D eigenvalue weighted by Gasteiger charge is -2.35. The van der Waals surface area contributed by atoms with Crippen molar-refractivity contribution in [2.24, 2.45) is 28.0 Å². The number of Topliss-reactive ketones (excluding diaryl/α,β-unsaturated/α-hetero) is 1. The first-order valence-corrected chi connectivity index (χ1v) is 9.56. The van der Waals surface area contributed by atoms with E-state index in [1.807, 2.05) is 0 Å². The number of methoxy groups -OCH3 is 1. The number of fused-ring (bicyclic) bond motifs is 1. The van der Waals surface area contributed by atoms with Crippen LogP contribution in [0.25, 0.3) is 0 Å². The van der Waals surface area contributed by atoms with Crippen molar-refractivity contribution < 1.29 is 19.6 Å². The Morgan fingerprint density at radius 2 is 2.11 bits per heavy atom. The highest BCUT2D eigenvalue weighted by molar-refractivity contribution is 6.00. The number of nitro groups is 1. The van der Waals surface area contributed by atoms with E-state index >= 15 is 0 Å². The van der Waals surface area contributed by atoms with Crippen LogP contribution in [-0.4, -0.2) is 38.8 Å². The van der Waals surface area contributed by atoms with Gasteiger partial charge in [0.25, 0.3) is 0 Å². The number of carbonyl (C=O) groups excluding carboxylic acids is 1. The summed E-state index contributed by atoms with van der Waals surface area (Å²) in [6, 6.07) is 1.24. The zero-order valence-electron chi connectivity index (χ0n) is 15.8. The molecule has 0 radical (unpaired) electrons. The molecule has 3 aliphatic rings. The molecule has 2 fully saturated rings. The van der Waals surface area contributed by atoms with Crippen LogP contribution in [0.3, 0.4) is 0 Å². The highest BCUT2D eigenvalue weighted by Gasteiger charge is 2.50. The fourth-order valence-corrected chi connectivity index (χ4v) is 4.47. The second-order valence-corrected chi connectivity index (χ2v) is 7.93. The number of hydrogen-bond donors (Lipinski definition) is 1. The average Bonchev–Trinajstić information content (AvgIpc) is 3.12. The van der Waals surface area contributed by atoms with Crippen LogP contribution in [0.4, 0.5) is 11.6 Å². The Morgan fingerprint density at radius 1 is 1.36 bits per heavy atom. The molecule has 0 amide bonds. The van der Waals surface area contributed by atoms with Gasteiger partial charge in [-0.05, 0) is 42.9 Å². The van der Waals surface area contributed by atoms with Crippen LogP contribution in [0.2, 0.25) is 0 Å². The molecule has 10 nitrogen and oxygen atoms in total. The topological polar surface area (TPSA) is 132 Å². The Kier molecular flexibility index (Phi) is 4.74. The molecule has 4 unspecified atom stereocenters. The number of allylic oxidation sites excluding steroid dienone is 2. The van der Waals surface area contributed by atoms with Gasteiger partial charge in [-0.1, -0.05) is 12.0 Å². The second kappa shape index (κ2) is 7.08. The number of azo groups is 1. The van der Waals surface area contributed by atoms with E-state index in [-0.39, 0.29) is 46.9 Å². The Labute approximate surface area is 161 Å². The van der Waals surface area contributed by atoms with Gasteiger partial charge in [-0.25, -0.2) is 0 Å². The summed E-state index contributed by atoms with van der Waals surface area (Å²) < 4.78 is 6.84. The van der Waals surface area contributed by atoms with E-state index in [0.717, 1.165) is 25.7 Å². The molecule has 1 N–H and O–H groups in total. The number of aliphatic hydroxyl groups excluding tert-OH is 1. The molecule has 4 rings (SSSR count). The first-order chi connectivity index (χ1) is 13.4. The number of nitrogens with zero attached hydrogens (tertiary/aromatic N) is 5. The number of carbonyl (C=O) groups is 1. The summed E-state index contributed by atoms with van der Waals surface area (Å²) in [6.45, 7) is 2.06. The van der Waals surface area contributed by atoms with Crippen LogP contribution in [0.5, 0.6) is 0 Å². The highest BCUT2D eigenvalue weighted by Crippen LogP contribution is 2.46. The minimum Gasteiger partial charge on any atom is -0.510 e. The average molecular weight is 389 g/mol. The summed E-state index contributed by atoms with van der Waals surface area (Å²) >= 11 is 0. The van der Waals surface area contributed by atoms with E-state index in [1.165, 1.54) is 10.7 Å². The molecule has 2 saturated carbocycles. The van der Waals surface area contributed by atoms with Gasteiger partial charge in [0, 0.05) is 13.0 Å². The molecule has 0 bridgehead atoms. The van der Waals surface area contributed by atoms with Crippen molar-refractivity contribution in [3.05, 3.63) is 27.6 Å². The van der Waals surface area contributed by atoms with Gasteiger partial charge in [0.05, 0.1) is 18.1 Å². The van der Waals surface area contributed by atoms with Crippen molar-refractivity contribution >= 4 is 17.4 Å². The van der Waals surface area contributed by atoms with Crippen LogP contribution in [-0.2, 0) is 9.53 Å². The molecule has 1 heterocycles. The summed E-state index contributed by atoms with van der Waals surface area (Å²) in [5, 5.41) is 33.9. The number of hydrogen-bond acceptors (Lipinski definition) is 8. The third-order valence-corrected chi connectivity index (χ3v) is 6.12. The van der Waals surface area contributed by atoms with Gasteiger partial charge in [-0.2, -0.15) is 0 Å². The van der Waals surface area contributed by atoms with Crippen LogP contribution < -0.4 is 0 Å². The molecule has 1 aromatic heterocycles. The van der Waals surface area contributed by atoms with Crippen molar-refractivity contribution in [2.75, 3.05) is 7.11 Å². The van der Waals surface area contributed by atoms with Crippen LogP contribution in [0.15, 0.2) is 27.8 Å². The van der Waals surface area contributed by atoms with E-state index < -0.39 is 10.8 Å². The maximum atomic E-state index is 12.8. The Morgan fingerprint density at radius 3 is 2.71 bits per heavy atom. The van der Waals surface area contributed by atoms with E-state index in [9.17, 15) is 20.0 Å². The number of aliphatic hydroxyl groups is 1. The van der Waals surface area contributed by atoms with Gasteiger partial charge in [0.2, 0.25) is 5.82 Å². The molecular weight excluding hydrogens is 366 g/mol. The predicted octanol–water partition coefficient (Wildman–Crippen LogP) is 3.63. The smallest absolute Gasteiger partial charge is 0.347 e. The molecule has 0 aromatic carbocycles. The monoisotopic (exact) mass is 389 g/mol. The van der Waals surface area contributed by atoms with E-state index in [0.29, 0.717) is 12.3 Å². The fraction of sp³-hybridized carbons (Fsp3) is 0.667. The van der Waals surface area contributed by atoms with Gasteiger partial charge in [0.15, 0.2) is 11.5 Å². The summed E-state index contributed by atoms with van der Waals surface area (Å²) in [6.07, 6.45) is 3.85. The van der Waals surface area contributed by atoms with Gasteiger partial charge >= 0.3 is 5.82 Å². The summed E-state index contributed by atoms with van der Waals surface area (Å²) in [4.78, 5) is 23.6. The Hall–Kier alpha value is -2.62. The molecule has 0 aliphatic heterocycles. The Balaban J connectivity index is 1.61. The zero-order valence-corrected chi connectivity index (χ0v) is 15.8. The van der Waals surface area contributed by atoms with Crippen molar-refractivity contribution in [3.8, 4) is 0 Å². The third-order valence-electron chi connectivity index (χ3n) is 6.12. The van der Waals surface area contributed by atoms with Gasteiger partial charge in [-0.3, -0.25) is 4.79 Å². The third kappa shape index (κ3) is 3.01. The summed E-state index contributed by atoms with van der Waals surface area (Å²) in [5.41, 5.74) is -0.0907. The lowest BCUT2D eigenvalue weighted by atomic mass is 9.73. The first kappa shape index (κ1) is 18.7. The number of aromatic nitrogens is 2. The fourth-order valence-electron chi connectivity index (χ4n) is 4.47. The standard InChI is InChI=1S/C18H23N5O5/c1-9-6-11-15(12(7-9)28-2)18(25)16(17(11)24)20-19-13-8-14(23(26)27)22(21-13)10-4-3-5-10/h8-12,15,24H,3-7H2,1-2H3. The van der Waals surface area contributed by atoms with E-state index in [4.69, 9.17) is 4.74 Å². The molecular formula is C18H23N5O5. The van der Waals surface area contributed by atoms with Crippen molar-refractivity contribution in [3.63, 3.8) is 0 Å².